The van der Waals surface area contributed by atoms with E-state index >= 15 is 0 Å². The number of rotatable bonds is 8. The number of cyclic esters (lactones) is 1. The second kappa shape index (κ2) is 16.1. The SMILES string of the molecule is CSCC[C@@H]1NC(=O)[C@H](C(C)C)NC(=O)CN(C(=O)CN2CCOC2=O)C[C@@H](Cc2ccccc2)NC(=O)[C@H](C)NC1=O. The van der Waals surface area contributed by atoms with Crippen LogP contribution in [0.25, 0.3) is 0 Å². The predicted molar refractivity (Wildman–Crippen MR) is 161 cm³/mol. The normalized spacial score (nSPS) is 24.3. The number of benzene rings is 1. The molecule has 2 heterocycles. The standard InChI is InChI=1S/C29H42N6O7S/c1-18(2)25-28(40)32-22(10-13-43-4)27(39)30-19(3)26(38)31-21(14-20-8-6-5-7-9-20)15-35(16-23(36)33-25)24(37)17-34-11-12-42-29(34)41/h5-9,18-19,21-22,25H,10-17H2,1-4H3,(H,30,39)(H,31,38)(H,32,40)(H,33,36)/t19-,21+,22-,25-/m0/s1. The van der Waals surface area contributed by atoms with E-state index in [-0.39, 0.29) is 32.2 Å². The molecule has 0 bridgehead atoms. The van der Waals surface area contributed by atoms with Gasteiger partial charge in [-0.05, 0) is 43.3 Å². The third kappa shape index (κ3) is 10.2. The van der Waals surface area contributed by atoms with Crippen LogP contribution >= 0.6 is 11.8 Å². The second-order valence-electron chi connectivity index (χ2n) is 11.1. The summed E-state index contributed by atoms with van der Waals surface area (Å²) in [4.78, 5) is 81.2. The lowest BCUT2D eigenvalue weighted by atomic mass is 10.0. The summed E-state index contributed by atoms with van der Waals surface area (Å²) in [5.41, 5.74) is 0.883. The van der Waals surface area contributed by atoms with E-state index in [1.54, 1.807) is 20.8 Å². The van der Waals surface area contributed by atoms with Gasteiger partial charge in [0.15, 0.2) is 0 Å². The zero-order chi connectivity index (χ0) is 31.5. The van der Waals surface area contributed by atoms with Crippen LogP contribution in [-0.4, -0.2) is 114 Å². The van der Waals surface area contributed by atoms with Gasteiger partial charge < -0.3 is 30.9 Å². The maximum absolute atomic E-state index is 13.5. The number of hydrogen-bond acceptors (Lipinski definition) is 8. The van der Waals surface area contributed by atoms with Gasteiger partial charge in [-0.25, -0.2) is 4.79 Å². The first-order valence-corrected chi connectivity index (χ1v) is 15.8. The van der Waals surface area contributed by atoms with Gasteiger partial charge in [0.25, 0.3) is 0 Å². The lowest BCUT2D eigenvalue weighted by molar-refractivity contribution is -0.138. The molecule has 13 nitrogen and oxygen atoms in total. The van der Waals surface area contributed by atoms with Crippen LogP contribution in [0.3, 0.4) is 0 Å². The predicted octanol–water partition coefficient (Wildman–Crippen LogP) is -0.108. The van der Waals surface area contributed by atoms with Crippen LogP contribution in [0.5, 0.6) is 0 Å². The molecule has 1 aromatic rings. The molecule has 6 amide bonds. The highest BCUT2D eigenvalue weighted by molar-refractivity contribution is 7.98. The highest BCUT2D eigenvalue weighted by Crippen LogP contribution is 2.11. The molecule has 0 aliphatic carbocycles. The summed E-state index contributed by atoms with van der Waals surface area (Å²) >= 11 is 1.51. The first kappa shape index (κ1) is 33.7. The largest absolute Gasteiger partial charge is 0.448 e. The van der Waals surface area contributed by atoms with Gasteiger partial charge in [0, 0.05) is 6.54 Å². The molecule has 0 unspecified atom stereocenters. The second-order valence-corrected chi connectivity index (χ2v) is 12.1. The van der Waals surface area contributed by atoms with Gasteiger partial charge in [-0.1, -0.05) is 44.2 Å². The molecule has 0 saturated carbocycles. The van der Waals surface area contributed by atoms with Crippen LogP contribution in [-0.2, 0) is 35.1 Å². The Balaban J connectivity index is 1.96. The fourth-order valence-corrected chi connectivity index (χ4v) is 5.28. The molecule has 4 N–H and O–H groups in total. The van der Waals surface area contributed by atoms with Gasteiger partial charge in [-0.2, -0.15) is 11.8 Å². The minimum Gasteiger partial charge on any atom is -0.448 e. The van der Waals surface area contributed by atoms with Crippen LogP contribution < -0.4 is 21.3 Å². The number of ether oxygens (including phenoxy) is 1. The Labute approximate surface area is 256 Å². The molecule has 2 fully saturated rings. The first-order chi connectivity index (χ1) is 20.5. The zero-order valence-electron chi connectivity index (χ0n) is 25.1. The fraction of sp³-hybridized carbons (Fsp3) is 0.586. The minimum atomic E-state index is -0.981. The molecule has 2 saturated heterocycles. The van der Waals surface area contributed by atoms with Crippen LogP contribution in [0.2, 0.25) is 0 Å². The number of carbonyl (C=O) groups excluding carboxylic acids is 6. The lowest BCUT2D eigenvalue weighted by Crippen LogP contribution is -2.57. The van der Waals surface area contributed by atoms with Gasteiger partial charge >= 0.3 is 6.09 Å². The Bertz CT molecular complexity index is 1170. The molecule has 3 rings (SSSR count). The summed E-state index contributed by atoms with van der Waals surface area (Å²) in [5, 5.41) is 11.1. The van der Waals surface area contributed by atoms with Gasteiger partial charge in [-0.3, -0.25) is 28.9 Å². The van der Waals surface area contributed by atoms with Gasteiger partial charge in [-0.15, -0.1) is 0 Å². The van der Waals surface area contributed by atoms with Crippen molar-refractivity contribution in [3.63, 3.8) is 0 Å². The lowest BCUT2D eigenvalue weighted by Gasteiger charge is -2.30. The highest BCUT2D eigenvalue weighted by atomic mass is 32.2. The van der Waals surface area contributed by atoms with Gasteiger partial charge in [0.1, 0.15) is 31.3 Å². The third-order valence-electron chi connectivity index (χ3n) is 7.23. The van der Waals surface area contributed by atoms with Crippen molar-refractivity contribution in [3.05, 3.63) is 35.9 Å². The van der Waals surface area contributed by atoms with Crippen molar-refractivity contribution in [2.45, 2.75) is 57.8 Å². The molecule has 0 aromatic heterocycles. The maximum Gasteiger partial charge on any atom is 0.410 e. The Morgan fingerprint density at radius 1 is 1.00 bits per heavy atom. The van der Waals surface area contributed by atoms with Crippen molar-refractivity contribution in [3.8, 4) is 0 Å². The number of thioether (sulfide) groups is 1. The zero-order valence-corrected chi connectivity index (χ0v) is 25.9. The maximum atomic E-state index is 13.5. The summed E-state index contributed by atoms with van der Waals surface area (Å²) in [6.07, 6.45) is 1.91. The van der Waals surface area contributed by atoms with E-state index < -0.39 is 66.3 Å². The van der Waals surface area contributed by atoms with E-state index in [1.165, 1.54) is 21.6 Å². The molecule has 4 atom stereocenters. The quantitative estimate of drug-likeness (QED) is 0.313. The molecule has 1 aromatic carbocycles. The summed E-state index contributed by atoms with van der Waals surface area (Å²) in [7, 11) is 0. The van der Waals surface area contributed by atoms with E-state index in [0.717, 1.165) is 5.56 Å². The van der Waals surface area contributed by atoms with Crippen molar-refractivity contribution in [2.75, 3.05) is 44.8 Å². The van der Waals surface area contributed by atoms with Gasteiger partial charge in [0.05, 0.1) is 19.1 Å². The summed E-state index contributed by atoms with van der Waals surface area (Å²) < 4.78 is 4.94. The fourth-order valence-electron chi connectivity index (χ4n) is 4.81. The molecular weight excluding hydrogens is 576 g/mol. The molecule has 2 aliphatic heterocycles. The minimum absolute atomic E-state index is 0.0642. The number of carbonyl (C=O) groups is 6. The summed E-state index contributed by atoms with van der Waals surface area (Å²) in [6, 6.07) is 5.84. The number of nitrogens with zero attached hydrogens (tertiary/aromatic N) is 2. The Morgan fingerprint density at radius 3 is 2.35 bits per heavy atom. The molecule has 0 radical (unpaired) electrons. The van der Waals surface area contributed by atoms with E-state index in [0.29, 0.717) is 18.6 Å². The van der Waals surface area contributed by atoms with Crippen molar-refractivity contribution in [2.24, 2.45) is 5.92 Å². The number of amides is 6. The topological polar surface area (TPSA) is 166 Å². The van der Waals surface area contributed by atoms with Crippen LogP contribution in [0.1, 0.15) is 32.8 Å². The Hall–Kier alpha value is -3.81. The molecule has 236 valence electrons. The third-order valence-corrected chi connectivity index (χ3v) is 7.88. The molecule has 0 spiro atoms. The molecule has 2 aliphatic rings. The average Bonchev–Trinajstić information content (AvgIpc) is 3.36. The molecular formula is C29H42N6O7S. The monoisotopic (exact) mass is 618 g/mol. The van der Waals surface area contributed by atoms with Crippen LogP contribution in [0, 0.1) is 5.92 Å². The average molecular weight is 619 g/mol. The first-order valence-electron chi connectivity index (χ1n) is 14.4. The van der Waals surface area contributed by atoms with Crippen molar-refractivity contribution < 1.29 is 33.5 Å². The Morgan fingerprint density at radius 2 is 1.72 bits per heavy atom. The summed E-state index contributed by atoms with van der Waals surface area (Å²) in [6.45, 7) is 4.67. The highest BCUT2D eigenvalue weighted by Gasteiger charge is 2.33. The van der Waals surface area contributed by atoms with Crippen LogP contribution in [0.15, 0.2) is 30.3 Å². The van der Waals surface area contributed by atoms with E-state index in [2.05, 4.69) is 21.3 Å². The number of nitrogens with one attached hydrogen (secondary N) is 4. The van der Waals surface area contributed by atoms with E-state index in [9.17, 15) is 28.8 Å². The summed E-state index contributed by atoms with van der Waals surface area (Å²) in [5.74, 6) is -2.41. The smallest absolute Gasteiger partial charge is 0.410 e. The van der Waals surface area contributed by atoms with Crippen LogP contribution in [0.4, 0.5) is 4.79 Å². The van der Waals surface area contributed by atoms with Crippen molar-refractivity contribution in [1.82, 2.24) is 31.1 Å². The van der Waals surface area contributed by atoms with Crippen molar-refractivity contribution >= 4 is 47.4 Å². The van der Waals surface area contributed by atoms with Gasteiger partial charge in [0.2, 0.25) is 29.5 Å². The molecule has 43 heavy (non-hydrogen) atoms. The van der Waals surface area contributed by atoms with Crippen molar-refractivity contribution in [1.29, 1.82) is 0 Å². The van der Waals surface area contributed by atoms with E-state index in [4.69, 9.17) is 4.74 Å². The Kier molecular flexibility index (Phi) is 12.7. The molecule has 14 heteroatoms. The van der Waals surface area contributed by atoms with E-state index in [1.807, 2.05) is 36.6 Å². The number of hydrogen-bond donors (Lipinski definition) is 4.